The second kappa shape index (κ2) is 8.32. The zero-order valence-corrected chi connectivity index (χ0v) is 19.7. The van der Waals surface area contributed by atoms with Gasteiger partial charge in [-0.2, -0.15) is 8.42 Å². The summed E-state index contributed by atoms with van der Waals surface area (Å²) in [5.74, 6) is 2.86. The zero-order chi connectivity index (χ0) is 21.7. The molecule has 0 saturated heterocycles. The smallest absolute Gasteiger partial charge is 0.320 e. The van der Waals surface area contributed by atoms with E-state index in [1.165, 1.54) is 6.42 Å². The number of hydrogen-bond acceptors (Lipinski definition) is 6. The van der Waals surface area contributed by atoms with Gasteiger partial charge in [0, 0.05) is 23.8 Å². The summed E-state index contributed by atoms with van der Waals surface area (Å²) in [5, 5.41) is 10.9. The molecule has 0 aromatic heterocycles. The van der Waals surface area contributed by atoms with Crippen molar-refractivity contribution >= 4 is 25.7 Å². The molecule has 6 nitrogen and oxygen atoms in total. The molecule has 172 valence electrons. The number of aliphatic hydroxyl groups is 1. The van der Waals surface area contributed by atoms with Crippen LogP contribution in [0.4, 0.5) is 0 Å². The molecule has 4 aliphatic carbocycles. The van der Waals surface area contributed by atoms with Crippen LogP contribution in [0.15, 0.2) is 0 Å². The first-order valence-electron chi connectivity index (χ1n) is 11.4. The lowest BCUT2D eigenvalue weighted by atomic mass is 9.49. The second-order valence-electron chi connectivity index (χ2n) is 10.7. The van der Waals surface area contributed by atoms with E-state index in [0.717, 1.165) is 51.4 Å². The average molecular weight is 461 g/mol. The normalized spacial score (nSPS) is 46.0. The van der Waals surface area contributed by atoms with Crippen molar-refractivity contribution in [3.05, 3.63) is 0 Å². The molecule has 0 aromatic rings. The molecule has 0 bridgehead atoms. The standard InChI is InChI=1S/C22H36O6S2/c1-21-9-7-16-15-8-10-22(24,13-28-2)11-14(15)3-4-17(16)18(21)5-6-19(21)20(23)12-29-30(25,26)27/h14-19,24H,3-13H2,1-2H3,(H,25,26,27)/t14-,15+,16-,17-,18+,19-,21+,22-/m1/s1. The molecule has 0 amide bonds. The van der Waals surface area contributed by atoms with Gasteiger partial charge in [0.25, 0.3) is 0 Å². The topological polar surface area (TPSA) is 101 Å². The van der Waals surface area contributed by atoms with Gasteiger partial charge in [-0.15, -0.1) is 0 Å². The summed E-state index contributed by atoms with van der Waals surface area (Å²) in [7, 11) is -2.16. The lowest BCUT2D eigenvalue weighted by molar-refractivity contribution is -0.134. The summed E-state index contributed by atoms with van der Waals surface area (Å²) >= 11 is 0. The van der Waals surface area contributed by atoms with Crippen LogP contribution in [0.2, 0.25) is 0 Å². The number of carbonyl (C=O) groups is 1. The van der Waals surface area contributed by atoms with E-state index in [2.05, 4.69) is 6.92 Å². The van der Waals surface area contributed by atoms with Crippen LogP contribution in [0, 0.1) is 40.9 Å². The van der Waals surface area contributed by atoms with Gasteiger partial charge in [0.15, 0.2) is 0 Å². The summed E-state index contributed by atoms with van der Waals surface area (Å²) in [6.07, 6.45) is 9.13. The monoisotopic (exact) mass is 460 g/mol. The molecular weight excluding hydrogens is 424 g/mol. The molecule has 4 fully saturated rings. The number of hydrogen-bond donors (Lipinski definition) is 2. The Morgan fingerprint density at radius 1 is 1.07 bits per heavy atom. The van der Waals surface area contributed by atoms with Crippen molar-refractivity contribution in [3.63, 3.8) is 0 Å². The minimum atomic E-state index is -4.18. The van der Waals surface area contributed by atoms with E-state index >= 15 is 0 Å². The van der Waals surface area contributed by atoms with E-state index in [1.54, 1.807) is 7.11 Å². The molecule has 8 atom stereocenters. The summed E-state index contributed by atoms with van der Waals surface area (Å²) in [6, 6.07) is 0. The number of fused-ring (bicyclic) bond motifs is 5. The lowest BCUT2D eigenvalue weighted by Gasteiger charge is -2.57. The highest BCUT2D eigenvalue weighted by Crippen LogP contribution is 2.64. The van der Waals surface area contributed by atoms with E-state index in [9.17, 15) is 18.3 Å². The second-order valence-corrected chi connectivity index (χ2v) is 14.0. The maximum absolute atomic E-state index is 12.8. The van der Waals surface area contributed by atoms with E-state index in [4.69, 9.17) is 9.29 Å². The van der Waals surface area contributed by atoms with Crippen LogP contribution in [0.1, 0.15) is 64.7 Å². The third-order valence-electron chi connectivity index (χ3n) is 9.26. The third kappa shape index (κ3) is 4.24. The van der Waals surface area contributed by atoms with E-state index in [-0.39, 0.29) is 22.9 Å². The lowest BCUT2D eigenvalue weighted by Crippen LogP contribution is -2.52. The van der Waals surface area contributed by atoms with Crippen LogP contribution >= 0.6 is 10.8 Å². The van der Waals surface area contributed by atoms with E-state index in [1.807, 2.05) is 0 Å². The van der Waals surface area contributed by atoms with Crippen LogP contribution in [-0.4, -0.2) is 48.9 Å². The molecule has 4 aliphatic rings. The van der Waals surface area contributed by atoms with Crippen LogP contribution in [0.5, 0.6) is 0 Å². The molecule has 0 radical (unpaired) electrons. The van der Waals surface area contributed by atoms with Crippen LogP contribution < -0.4 is 0 Å². The predicted octanol–water partition coefficient (Wildman–Crippen LogP) is 3.74. The van der Waals surface area contributed by atoms with Gasteiger partial charge in [0.1, 0.15) is 5.78 Å². The Bertz CT molecular complexity index is 770. The fourth-order valence-corrected chi connectivity index (χ4v) is 9.39. The molecule has 30 heavy (non-hydrogen) atoms. The highest BCUT2D eigenvalue weighted by molar-refractivity contribution is 8.70. The number of ether oxygens (including phenoxy) is 1. The quantitative estimate of drug-likeness (QED) is 0.460. The van der Waals surface area contributed by atoms with Gasteiger partial charge < -0.3 is 9.84 Å². The summed E-state index contributed by atoms with van der Waals surface area (Å²) in [6.45, 7) is 2.68. The first kappa shape index (κ1) is 23.0. The predicted molar refractivity (Wildman–Crippen MR) is 116 cm³/mol. The number of methoxy groups -OCH3 is 1. The van der Waals surface area contributed by atoms with Gasteiger partial charge >= 0.3 is 9.15 Å². The summed E-state index contributed by atoms with van der Waals surface area (Å²) in [5.41, 5.74) is -0.710. The van der Waals surface area contributed by atoms with Gasteiger partial charge in [0.2, 0.25) is 0 Å². The van der Waals surface area contributed by atoms with Gasteiger partial charge in [-0.3, -0.25) is 9.35 Å². The Hall–Kier alpha value is -0.150. The SMILES string of the molecule is COC[C@@]1(O)CC[C@H]2[C@H](CC[C@@H]3[C@@H]2CC[C@]2(C)[C@@H](C(=O)CSS(=O)(=O)O)CC[C@@H]32)C1. The van der Waals surface area contributed by atoms with Crippen LogP contribution in [0.3, 0.4) is 0 Å². The van der Waals surface area contributed by atoms with Crippen molar-refractivity contribution < 1.29 is 27.6 Å². The molecule has 0 aliphatic heterocycles. The van der Waals surface area contributed by atoms with Crippen molar-refractivity contribution in [1.29, 1.82) is 0 Å². The summed E-state index contributed by atoms with van der Waals surface area (Å²) in [4.78, 5) is 12.8. The maximum atomic E-state index is 12.8. The first-order chi connectivity index (χ1) is 14.1. The fraction of sp³-hybridized carbons (Fsp3) is 0.955. The Morgan fingerprint density at radius 3 is 2.50 bits per heavy atom. The van der Waals surface area contributed by atoms with Gasteiger partial charge in [-0.1, -0.05) is 6.92 Å². The maximum Gasteiger partial charge on any atom is 0.320 e. The van der Waals surface area contributed by atoms with E-state index < -0.39 is 14.8 Å². The van der Waals surface area contributed by atoms with Crippen molar-refractivity contribution in [2.75, 3.05) is 19.5 Å². The van der Waals surface area contributed by atoms with Crippen LogP contribution in [-0.2, 0) is 18.7 Å². The Kier molecular flexibility index (Phi) is 6.39. The van der Waals surface area contributed by atoms with Crippen molar-refractivity contribution in [3.8, 4) is 0 Å². The average Bonchev–Trinajstić information content (AvgIpc) is 3.02. The molecule has 0 heterocycles. The summed E-state index contributed by atoms with van der Waals surface area (Å²) < 4.78 is 36.4. The molecule has 4 rings (SSSR count). The molecule has 0 aromatic carbocycles. The van der Waals surface area contributed by atoms with Gasteiger partial charge in [-0.25, -0.2) is 0 Å². The molecule has 2 N–H and O–H groups in total. The minimum absolute atomic E-state index is 0.0166. The minimum Gasteiger partial charge on any atom is -0.387 e. The number of carbonyl (C=O) groups excluding carboxylic acids is 1. The molecule has 0 spiro atoms. The van der Waals surface area contributed by atoms with E-state index in [0.29, 0.717) is 47.0 Å². The Labute approximate surface area is 184 Å². The Balaban J connectivity index is 1.45. The van der Waals surface area contributed by atoms with Crippen LogP contribution in [0.25, 0.3) is 0 Å². The van der Waals surface area contributed by atoms with Crippen molar-refractivity contribution in [2.45, 2.75) is 70.3 Å². The molecule has 8 heteroatoms. The molecule has 4 saturated carbocycles. The first-order valence-corrected chi connectivity index (χ1v) is 14.4. The molecule has 0 unspecified atom stereocenters. The van der Waals surface area contributed by atoms with Gasteiger partial charge in [-0.05, 0) is 92.8 Å². The fourth-order valence-electron chi connectivity index (χ4n) is 8.12. The third-order valence-corrected chi connectivity index (χ3v) is 11.2. The zero-order valence-electron chi connectivity index (χ0n) is 18.1. The number of Topliss-reactive ketones (excluding diaryl/α,β-unsaturated/α-hetero) is 1. The largest absolute Gasteiger partial charge is 0.387 e. The highest BCUT2D eigenvalue weighted by atomic mass is 33.1. The Morgan fingerprint density at radius 2 is 1.80 bits per heavy atom. The number of rotatable bonds is 6. The number of ketones is 1. The van der Waals surface area contributed by atoms with Crippen molar-refractivity contribution in [1.82, 2.24) is 0 Å². The highest BCUT2D eigenvalue weighted by Gasteiger charge is 2.59. The van der Waals surface area contributed by atoms with Gasteiger partial charge in [0.05, 0.1) is 18.0 Å². The van der Waals surface area contributed by atoms with Crippen molar-refractivity contribution in [2.24, 2.45) is 40.9 Å². The molecular formula is C22H36O6S2.